The molecule has 1 amide bonds. The molecule has 0 atom stereocenters. The first kappa shape index (κ1) is 11.3. The van der Waals surface area contributed by atoms with Crippen LogP contribution in [-0.2, 0) is 0 Å². The van der Waals surface area contributed by atoms with Gasteiger partial charge in [-0.05, 0) is 15.9 Å². The van der Waals surface area contributed by atoms with Gasteiger partial charge in [-0.1, -0.05) is 11.6 Å². The van der Waals surface area contributed by atoms with Gasteiger partial charge in [-0.3, -0.25) is 9.78 Å². The van der Waals surface area contributed by atoms with Crippen LogP contribution < -0.4 is 5.73 Å². The van der Waals surface area contributed by atoms with Crippen molar-refractivity contribution in [3.63, 3.8) is 0 Å². The number of aromatic nitrogens is 1. The van der Waals surface area contributed by atoms with E-state index in [4.69, 9.17) is 17.3 Å². The van der Waals surface area contributed by atoms with Crippen LogP contribution in [0.4, 0.5) is 8.78 Å². The molecule has 0 aliphatic heterocycles. The minimum absolute atomic E-state index is 0.0283. The Morgan fingerprint density at radius 1 is 1.64 bits per heavy atom. The average Bonchev–Trinajstić information content (AvgIpc) is 2.08. The molecule has 2 N–H and O–H groups in total. The van der Waals surface area contributed by atoms with Crippen LogP contribution in [0.15, 0.2) is 10.7 Å². The lowest BCUT2D eigenvalue weighted by atomic mass is 10.2. The van der Waals surface area contributed by atoms with E-state index in [1.165, 1.54) is 0 Å². The number of rotatable bonds is 2. The van der Waals surface area contributed by atoms with Crippen LogP contribution in [0.5, 0.6) is 0 Å². The molecule has 1 aromatic heterocycles. The molecule has 0 saturated heterocycles. The second-order valence-electron chi connectivity index (χ2n) is 2.35. The van der Waals surface area contributed by atoms with Crippen molar-refractivity contribution >= 4 is 33.4 Å². The number of carbonyl (C=O) groups is 1. The summed E-state index contributed by atoms with van der Waals surface area (Å²) in [6, 6.07) is 0. The molecule has 14 heavy (non-hydrogen) atoms. The largest absolute Gasteiger partial charge is 0.366 e. The van der Waals surface area contributed by atoms with E-state index < -0.39 is 18.0 Å². The van der Waals surface area contributed by atoms with Gasteiger partial charge in [0, 0.05) is 6.20 Å². The maximum atomic E-state index is 12.3. The monoisotopic (exact) mass is 284 g/mol. The first-order chi connectivity index (χ1) is 6.45. The summed E-state index contributed by atoms with van der Waals surface area (Å²) in [6.45, 7) is 0. The zero-order valence-electron chi connectivity index (χ0n) is 6.60. The summed E-state index contributed by atoms with van der Waals surface area (Å²) in [5.74, 6) is -0.785. The number of pyridine rings is 1. The van der Waals surface area contributed by atoms with Crippen molar-refractivity contribution in [1.29, 1.82) is 0 Å². The van der Waals surface area contributed by atoms with Crippen LogP contribution in [0.25, 0.3) is 0 Å². The van der Waals surface area contributed by atoms with E-state index >= 15 is 0 Å². The number of hydrogen-bond acceptors (Lipinski definition) is 2. The summed E-state index contributed by atoms with van der Waals surface area (Å²) in [5.41, 5.74) is 4.35. The van der Waals surface area contributed by atoms with Gasteiger partial charge in [-0.25, -0.2) is 8.78 Å². The molecule has 0 aromatic carbocycles. The minimum atomic E-state index is -2.79. The number of amides is 1. The zero-order chi connectivity index (χ0) is 10.9. The van der Waals surface area contributed by atoms with Gasteiger partial charge in [0.15, 0.2) is 0 Å². The molecule has 7 heteroatoms. The zero-order valence-corrected chi connectivity index (χ0v) is 8.94. The number of alkyl halides is 2. The van der Waals surface area contributed by atoms with E-state index in [-0.39, 0.29) is 15.1 Å². The number of halogens is 4. The van der Waals surface area contributed by atoms with Gasteiger partial charge >= 0.3 is 0 Å². The molecule has 0 aliphatic rings. The Bertz CT molecular complexity index is 386. The summed E-state index contributed by atoms with van der Waals surface area (Å²) >= 11 is 8.43. The van der Waals surface area contributed by atoms with Gasteiger partial charge in [0.05, 0.1) is 15.1 Å². The lowest BCUT2D eigenvalue weighted by Gasteiger charge is -2.06. The van der Waals surface area contributed by atoms with Crippen LogP contribution in [0.3, 0.4) is 0 Å². The molecule has 1 rings (SSSR count). The third-order valence-corrected chi connectivity index (χ3v) is 2.89. The summed E-state index contributed by atoms with van der Waals surface area (Å²) in [4.78, 5) is 14.1. The Labute approximate surface area is 91.4 Å². The number of hydrogen-bond donors (Lipinski definition) is 1. The molecular formula is C7H4BrClF2N2O. The summed E-state index contributed by atoms with van der Waals surface area (Å²) in [7, 11) is 0. The van der Waals surface area contributed by atoms with Crippen molar-refractivity contribution in [1.82, 2.24) is 4.98 Å². The first-order valence-corrected chi connectivity index (χ1v) is 4.54. The quantitative estimate of drug-likeness (QED) is 0.908. The highest BCUT2D eigenvalue weighted by Gasteiger charge is 2.19. The van der Waals surface area contributed by atoms with Crippen molar-refractivity contribution < 1.29 is 13.6 Å². The number of primary amides is 1. The second-order valence-corrected chi connectivity index (χ2v) is 3.52. The van der Waals surface area contributed by atoms with Crippen LogP contribution in [0.2, 0.25) is 5.02 Å². The second kappa shape index (κ2) is 4.18. The van der Waals surface area contributed by atoms with Crippen LogP contribution in [-0.4, -0.2) is 10.9 Å². The molecular weight excluding hydrogens is 281 g/mol. The fourth-order valence-electron chi connectivity index (χ4n) is 0.802. The third kappa shape index (κ3) is 2.01. The molecule has 1 aromatic rings. The Balaban J connectivity index is 3.33. The normalized spacial score (nSPS) is 10.6. The lowest BCUT2D eigenvalue weighted by molar-refractivity contribution is 0.0998. The van der Waals surface area contributed by atoms with Crippen molar-refractivity contribution in [3.05, 3.63) is 26.9 Å². The van der Waals surface area contributed by atoms with Crippen molar-refractivity contribution in [2.75, 3.05) is 0 Å². The molecule has 0 bridgehead atoms. The van der Waals surface area contributed by atoms with E-state index in [0.717, 1.165) is 6.20 Å². The van der Waals surface area contributed by atoms with Gasteiger partial charge in [-0.15, -0.1) is 0 Å². The van der Waals surface area contributed by atoms with Gasteiger partial charge in [-0.2, -0.15) is 0 Å². The SMILES string of the molecule is NC(=O)c1cnc(C(F)F)c(Cl)c1Br. The minimum Gasteiger partial charge on any atom is -0.366 e. The van der Waals surface area contributed by atoms with Gasteiger partial charge < -0.3 is 5.73 Å². The highest BCUT2D eigenvalue weighted by molar-refractivity contribution is 9.10. The maximum absolute atomic E-state index is 12.3. The molecule has 1 heterocycles. The maximum Gasteiger partial charge on any atom is 0.281 e. The average molecular weight is 285 g/mol. The van der Waals surface area contributed by atoms with Gasteiger partial charge in [0.25, 0.3) is 12.3 Å². The van der Waals surface area contributed by atoms with Gasteiger partial charge in [0.2, 0.25) is 0 Å². The van der Waals surface area contributed by atoms with Crippen LogP contribution >= 0.6 is 27.5 Å². The molecule has 3 nitrogen and oxygen atoms in total. The fourth-order valence-corrected chi connectivity index (χ4v) is 1.54. The van der Waals surface area contributed by atoms with E-state index in [1.54, 1.807) is 0 Å². The summed E-state index contributed by atoms with van der Waals surface area (Å²) in [6.07, 6.45) is -1.83. The van der Waals surface area contributed by atoms with Crippen molar-refractivity contribution in [2.24, 2.45) is 5.73 Å². The Hall–Kier alpha value is -0.750. The lowest BCUT2D eigenvalue weighted by Crippen LogP contribution is -2.13. The molecule has 0 radical (unpaired) electrons. The summed E-state index contributed by atoms with van der Waals surface area (Å²) < 4.78 is 24.6. The molecule has 76 valence electrons. The van der Waals surface area contributed by atoms with Crippen molar-refractivity contribution in [2.45, 2.75) is 6.43 Å². The van der Waals surface area contributed by atoms with E-state index in [9.17, 15) is 13.6 Å². The predicted octanol–water partition coefficient (Wildman–Crippen LogP) is 2.53. The fraction of sp³-hybridized carbons (Fsp3) is 0.143. The highest BCUT2D eigenvalue weighted by atomic mass is 79.9. The van der Waals surface area contributed by atoms with E-state index in [2.05, 4.69) is 20.9 Å². The Morgan fingerprint density at radius 3 is 2.64 bits per heavy atom. The molecule has 0 fully saturated rings. The summed E-state index contributed by atoms with van der Waals surface area (Å²) in [5, 5.41) is -0.295. The molecule has 0 saturated carbocycles. The standard InChI is InChI=1S/C7H4BrClF2N2O/c8-3-2(7(12)14)1-13-5(4(3)9)6(10)11/h1,6H,(H2,12,14). The Kier molecular flexibility index (Phi) is 3.38. The van der Waals surface area contributed by atoms with Crippen LogP contribution in [0, 0.1) is 0 Å². The molecule has 0 unspecified atom stereocenters. The predicted molar refractivity (Wildman–Crippen MR) is 50.4 cm³/mol. The van der Waals surface area contributed by atoms with Crippen molar-refractivity contribution in [3.8, 4) is 0 Å². The number of nitrogens with zero attached hydrogens (tertiary/aromatic N) is 1. The van der Waals surface area contributed by atoms with E-state index in [1.807, 2.05) is 0 Å². The molecule has 0 aliphatic carbocycles. The highest BCUT2D eigenvalue weighted by Crippen LogP contribution is 2.33. The Morgan fingerprint density at radius 2 is 2.21 bits per heavy atom. The van der Waals surface area contributed by atoms with E-state index in [0.29, 0.717) is 0 Å². The first-order valence-electron chi connectivity index (χ1n) is 3.37. The topological polar surface area (TPSA) is 56.0 Å². The smallest absolute Gasteiger partial charge is 0.281 e. The van der Waals surface area contributed by atoms with Gasteiger partial charge in [0.1, 0.15) is 5.69 Å². The molecule has 0 spiro atoms. The number of carbonyl (C=O) groups excluding carboxylic acids is 1. The number of nitrogens with two attached hydrogens (primary N) is 1. The van der Waals surface area contributed by atoms with Crippen LogP contribution in [0.1, 0.15) is 22.5 Å². The third-order valence-electron chi connectivity index (χ3n) is 1.46.